The second-order valence-corrected chi connectivity index (χ2v) is 2.41. The molecule has 0 saturated heterocycles. The smallest absolute Gasteiger partial charge is 0.123 e. The van der Waals surface area contributed by atoms with Crippen molar-refractivity contribution in [1.82, 2.24) is 0 Å². The van der Waals surface area contributed by atoms with Crippen molar-refractivity contribution in [2.75, 3.05) is 0 Å². The fraction of sp³-hybridized carbons (Fsp3) is 0.364. The molecule has 66 valence electrons. The van der Waals surface area contributed by atoms with Crippen LogP contribution in [0.25, 0.3) is 0 Å². The number of carbonyl (C=O) groups excluding carboxylic acids is 1. The summed E-state index contributed by atoms with van der Waals surface area (Å²) in [5.74, 6) is 0. The minimum absolute atomic E-state index is 0.513. The van der Waals surface area contributed by atoms with Gasteiger partial charge >= 0.3 is 0 Å². The molecule has 0 bridgehead atoms. The molecule has 12 heavy (non-hydrogen) atoms. The van der Waals surface area contributed by atoms with Crippen LogP contribution in [0.15, 0.2) is 36.5 Å². The molecule has 0 heterocycles. The van der Waals surface area contributed by atoms with Crippen LogP contribution in [0.4, 0.5) is 0 Å². The monoisotopic (exact) mass is 164 g/mol. The Balaban J connectivity index is 3.30. The molecule has 0 saturated carbocycles. The van der Waals surface area contributed by atoms with E-state index in [2.05, 4.69) is 18.2 Å². The number of unbranched alkanes of at least 4 members (excludes halogenated alkanes) is 1. The third-order valence-corrected chi connectivity index (χ3v) is 1.35. The molecule has 1 nitrogen and oxygen atoms in total. The molecular weight excluding hydrogens is 148 g/mol. The Morgan fingerprint density at radius 3 is 2.33 bits per heavy atom. The normalized spacial score (nSPS) is 12.1. The van der Waals surface area contributed by atoms with Gasteiger partial charge in [-0.05, 0) is 19.8 Å². The molecule has 0 amide bonds. The van der Waals surface area contributed by atoms with Gasteiger partial charge in [-0.25, -0.2) is 0 Å². The first-order valence-electron chi connectivity index (χ1n) is 4.28. The van der Waals surface area contributed by atoms with E-state index in [0.717, 1.165) is 19.1 Å². The maximum Gasteiger partial charge on any atom is 0.123 e. The molecule has 0 N–H and O–H groups in total. The standard InChI is InChI=1S/C11H16O/c1-2-3-4-5-6-7-8-9-10-11-12/h2-3,6-9,11H,4-5,10H2,1H3. The SMILES string of the molecule is CC=CCCC=CC=CCC=O. The molecule has 1 heteroatoms. The van der Waals surface area contributed by atoms with Crippen LogP contribution in [-0.2, 0) is 4.79 Å². The lowest BCUT2D eigenvalue weighted by Crippen LogP contribution is -1.65. The Labute approximate surface area is 74.5 Å². The quantitative estimate of drug-likeness (QED) is 0.255. The zero-order chi connectivity index (χ0) is 9.07. The molecule has 0 atom stereocenters. The second-order valence-electron chi connectivity index (χ2n) is 2.41. The summed E-state index contributed by atoms with van der Waals surface area (Å²) in [6, 6.07) is 0. The third-order valence-electron chi connectivity index (χ3n) is 1.35. The highest BCUT2D eigenvalue weighted by molar-refractivity contribution is 5.52. The number of carbonyl (C=O) groups is 1. The Hall–Kier alpha value is -1.11. The van der Waals surface area contributed by atoms with Gasteiger partial charge in [-0.3, -0.25) is 0 Å². The summed E-state index contributed by atoms with van der Waals surface area (Å²) in [5.41, 5.74) is 0. The summed E-state index contributed by atoms with van der Waals surface area (Å²) in [4.78, 5) is 9.89. The summed E-state index contributed by atoms with van der Waals surface area (Å²) in [5, 5.41) is 0. The molecule has 0 rings (SSSR count). The molecule has 0 aliphatic heterocycles. The van der Waals surface area contributed by atoms with E-state index in [1.165, 1.54) is 0 Å². The lowest BCUT2D eigenvalue weighted by atomic mass is 10.2. The lowest BCUT2D eigenvalue weighted by Gasteiger charge is -1.83. The first-order chi connectivity index (χ1) is 5.91. The second kappa shape index (κ2) is 9.89. The summed E-state index contributed by atoms with van der Waals surface area (Å²) in [6.07, 6.45) is 15.6. The van der Waals surface area contributed by atoms with Gasteiger partial charge in [0.15, 0.2) is 0 Å². The number of allylic oxidation sites excluding steroid dienone is 6. The van der Waals surface area contributed by atoms with Crippen LogP contribution in [0.2, 0.25) is 0 Å². The molecule has 0 aromatic carbocycles. The van der Waals surface area contributed by atoms with Gasteiger partial charge in [0.2, 0.25) is 0 Å². The van der Waals surface area contributed by atoms with Crippen molar-refractivity contribution >= 4 is 6.29 Å². The van der Waals surface area contributed by atoms with E-state index in [-0.39, 0.29) is 0 Å². The Morgan fingerprint density at radius 2 is 1.67 bits per heavy atom. The highest BCUT2D eigenvalue weighted by Gasteiger charge is 1.73. The minimum atomic E-state index is 0.513. The summed E-state index contributed by atoms with van der Waals surface area (Å²) < 4.78 is 0. The van der Waals surface area contributed by atoms with Crippen molar-refractivity contribution in [2.24, 2.45) is 0 Å². The Kier molecular flexibility index (Phi) is 8.98. The van der Waals surface area contributed by atoms with E-state index >= 15 is 0 Å². The average Bonchev–Trinajstić information content (AvgIpc) is 2.10. The van der Waals surface area contributed by atoms with Gasteiger partial charge in [-0.15, -0.1) is 0 Å². The number of rotatable bonds is 6. The highest BCUT2D eigenvalue weighted by Crippen LogP contribution is 1.92. The minimum Gasteiger partial charge on any atom is -0.303 e. The van der Waals surface area contributed by atoms with Crippen molar-refractivity contribution < 1.29 is 4.79 Å². The van der Waals surface area contributed by atoms with Gasteiger partial charge in [0.05, 0.1) is 0 Å². The van der Waals surface area contributed by atoms with Crippen LogP contribution >= 0.6 is 0 Å². The first kappa shape index (κ1) is 10.9. The number of hydrogen-bond acceptors (Lipinski definition) is 1. The van der Waals surface area contributed by atoms with Gasteiger partial charge in [0.25, 0.3) is 0 Å². The van der Waals surface area contributed by atoms with Gasteiger partial charge in [-0.2, -0.15) is 0 Å². The van der Waals surface area contributed by atoms with Crippen LogP contribution in [0.5, 0.6) is 0 Å². The maximum absolute atomic E-state index is 9.89. The van der Waals surface area contributed by atoms with Crippen LogP contribution in [0.3, 0.4) is 0 Å². The van der Waals surface area contributed by atoms with Crippen LogP contribution in [0.1, 0.15) is 26.2 Å². The predicted octanol–water partition coefficient (Wildman–Crippen LogP) is 3.04. The summed E-state index contributed by atoms with van der Waals surface area (Å²) in [6.45, 7) is 2.02. The number of aldehydes is 1. The van der Waals surface area contributed by atoms with Gasteiger partial charge in [-0.1, -0.05) is 36.5 Å². The van der Waals surface area contributed by atoms with Crippen molar-refractivity contribution in [2.45, 2.75) is 26.2 Å². The molecule has 0 aromatic rings. The van der Waals surface area contributed by atoms with Gasteiger partial charge in [0, 0.05) is 6.42 Å². The topological polar surface area (TPSA) is 17.1 Å². The van der Waals surface area contributed by atoms with Gasteiger partial charge in [0.1, 0.15) is 6.29 Å². The zero-order valence-electron chi connectivity index (χ0n) is 7.57. The molecule has 0 aromatic heterocycles. The van der Waals surface area contributed by atoms with E-state index in [1.54, 1.807) is 0 Å². The Morgan fingerprint density at radius 1 is 1.00 bits per heavy atom. The van der Waals surface area contributed by atoms with E-state index in [0.29, 0.717) is 6.42 Å². The molecule has 0 fully saturated rings. The van der Waals surface area contributed by atoms with Gasteiger partial charge < -0.3 is 4.79 Å². The van der Waals surface area contributed by atoms with Crippen LogP contribution in [-0.4, -0.2) is 6.29 Å². The fourth-order valence-corrected chi connectivity index (χ4v) is 0.747. The molecular formula is C11H16O. The zero-order valence-corrected chi connectivity index (χ0v) is 7.57. The van der Waals surface area contributed by atoms with E-state index in [1.807, 2.05) is 25.2 Å². The maximum atomic E-state index is 9.89. The predicted molar refractivity (Wildman–Crippen MR) is 53.0 cm³/mol. The third kappa shape index (κ3) is 8.89. The van der Waals surface area contributed by atoms with Crippen molar-refractivity contribution in [1.29, 1.82) is 0 Å². The average molecular weight is 164 g/mol. The lowest BCUT2D eigenvalue weighted by molar-refractivity contribution is -0.107. The van der Waals surface area contributed by atoms with Crippen molar-refractivity contribution in [3.8, 4) is 0 Å². The van der Waals surface area contributed by atoms with E-state index < -0.39 is 0 Å². The number of hydrogen-bond donors (Lipinski definition) is 0. The Bertz CT molecular complexity index is 175. The fourth-order valence-electron chi connectivity index (χ4n) is 0.747. The highest BCUT2D eigenvalue weighted by atomic mass is 16.1. The molecule has 0 unspecified atom stereocenters. The molecule has 0 aliphatic rings. The summed E-state index contributed by atoms with van der Waals surface area (Å²) in [7, 11) is 0. The molecule has 0 radical (unpaired) electrons. The first-order valence-corrected chi connectivity index (χ1v) is 4.28. The molecule has 0 aliphatic carbocycles. The molecule has 0 spiro atoms. The van der Waals surface area contributed by atoms with E-state index in [9.17, 15) is 4.79 Å². The largest absolute Gasteiger partial charge is 0.303 e. The van der Waals surface area contributed by atoms with Crippen molar-refractivity contribution in [3.05, 3.63) is 36.5 Å². The van der Waals surface area contributed by atoms with Crippen molar-refractivity contribution in [3.63, 3.8) is 0 Å². The van der Waals surface area contributed by atoms with E-state index in [4.69, 9.17) is 0 Å². The van der Waals surface area contributed by atoms with Crippen LogP contribution in [0, 0.1) is 0 Å². The summed E-state index contributed by atoms with van der Waals surface area (Å²) >= 11 is 0. The van der Waals surface area contributed by atoms with Crippen LogP contribution < -0.4 is 0 Å².